The number of imidazole rings is 1. The van der Waals surface area contributed by atoms with E-state index in [4.69, 9.17) is 9.98 Å². The van der Waals surface area contributed by atoms with E-state index in [9.17, 15) is 4.39 Å². The topological polar surface area (TPSA) is 33.4 Å². The van der Waals surface area contributed by atoms with Gasteiger partial charge in [0, 0.05) is 19.2 Å². The van der Waals surface area contributed by atoms with Crippen molar-refractivity contribution in [2.45, 2.75) is 110 Å². The molecule has 1 saturated carbocycles. The molecule has 0 spiro atoms. The Morgan fingerprint density at radius 3 is 2.37 bits per heavy atom. The zero-order chi connectivity index (χ0) is 30.0. The van der Waals surface area contributed by atoms with E-state index < -0.39 is 0 Å². The van der Waals surface area contributed by atoms with E-state index in [1.54, 1.807) is 12.1 Å². The van der Waals surface area contributed by atoms with Gasteiger partial charge in [0.15, 0.2) is 0 Å². The van der Waals surface area contributed by atoms with Crippen molar-refractivity contribution >= 4 is 5.71 Å². The van der Waals surface area contributed by atoms with Gasteiger partial charge in [0.05, 0.1) is 23.6 Å². The lowest BCUT2D eigenvalue weighted by Gasteiger charge is -2.35. The fraction of sp³-hybridized carbons (Fsp3) is 0.526. The molecule has 1 aliphatic carbocycles. The summed E-state index contributed by atoms with van der Waals surface area (Å²) in [5.41, 5.74) is 8.50. The average Bonchev–Trinajstić information content (AvgIpc) is 3.58. The number of aliphatic imine (C=N–C) groups is 1. The quantitative estimate of drug-likeness (QED) is 0.227. The lowest BCUT2D eigenvalue weighted by atomic mass is 9.73. The van der Waals surface area contributed by atoms with Crippen LogP contribution in [-0.2, 0) is 31.3 Å². The first kappa shape index (κ1) is 30.0. The molecule has 1 unspecified atom stereocenters. The Hall–Kier alpha value is -3.05. The molecule has 0 amide bonds. The zero-order valence-electron chi connectivity index (χ0n) is 26.7. The molecule has 43 heavy (non-hydrogen) atoms. The van der Waals surface area contributed by atoms with E-state index in [0.717, 1.165) is 76.2 Å². The minimum Gasteiger partial charge on any atom is -0.325 e. The number of hydrogen-bond donors (Lipinski definition) is 0. The van der Waals surface area contributed by atoms with Crippen LogP contribution in [0.4, 0.5) is 4.39 Å². The number of halogens is 1. The number of aryl methyl sites for hydroxylation is 1. The summed E-state index contributed by atoms with van der Waals surface area (Å²) in [6.07, 6.45) is 12.0. The molecule has 3 aromatic rings. The first-order valence-corrected chi connectivity index (χ1v) is 16.7. The highest BCUT2D eigenvalue weighted by Gasteiger charge is 2.32. The second-order valence-corrected chi connectivity index (χ2v) is 13.6. The highest BCUT2D eigenvalue weighted by molar-refractivity contribution is 6.03. The van der Waals surface area contributed by atoms with E-state index in [-0.39, 0.29) is 11.2 Å². The number of aromatic nitrogens is 2. The van der Waals surface area contributed by atoms with Crippen LogP contribution in [0.5, 0.6) is 0 Å². The third kappa shape index (κ3) is 6.29. The number of allylic oxidation sites excluding steroid dienone is 1. The van der Waals surface area contributed by atoms with E-state index in [1.165, 1.54) is 58.9 Å². The second kappa shape index (κ2) is 12.9. The third-order valence-corrected chi connectivity index (χ3v) is 10.6. The molecule has 0 radical (unpaired) electrons. The molecule has 3 aliphatic rings. The van der Waals surface area contributed by atoms with Gasteiger partial charge in [-0.3, -0.25) is 9.89 Å². The maximum absolute atomic E-state index is 14.9. The second-order valence-electron chi connectivity index (χ2n) is 13.6. The standard InChI is InChI=1S/C38H49FN4/c1-5-34-37(35-22-27(3)24-40-35)43(25-28-12-11-13-28)36(41-34)26-42-20-18-29(19-21-42)31-15-8-7-14-30(31)23-38(4,6-2)32-16-9-10-17-33(32)39/h7-10,14-17,24,28-29H,5-6,11-13,18-23,25-26H2,1-4H3. The third-order valence-electron chi connectivity index (χ3n) is 10.6. The zero-order valence-corrected chi connectivity index (χ0v) is 26.7. The lowest BCUT2D eigenvalue weighted by Crippen LogP contribution is -2.34. The molecule has 1 aromatic heterocycles. The average molecular weight is 581 g/mol. The number of rotatable bonds is 11. The lowest BCUT2D eigenvalue weighted by molar-refractivity contribution is 0.193. The Balaban J connectivity index is 1.18. The smallest absolute Gasteiger partial charge is 0.126 e. The Morgan fingerprint density at radius 2 is 1.72 bits per heavy atom. The fourth-order valence-corrected chi connectivity index (χ4v) is 7.54. The van der Waals surface area contributed by atoms with Crippen LogP contribution in [0.1, 0.15) is 112 Å². The summed E-state index contributed by atoms with van der Waals surface area (Å²) in [4.78, 5) is 12.7. The van der Waals surface area contributed by atoms with Crippen LogP contribution in [0.2, 0.25) is 0 Å². The molecule has 2 aromatic carbocycles. The van der Waals surface area contributed by atoms with Crippen LogP contribution in [0.15, 0.2) is 65.3 Å². The molecule has 0 bridgehead atoms. The molecule has 6 rings (SSSR count). The van der Waals surface area contributed by atoms with Gasteiger partial charge in [0.1, 0.15) is 11.6 Å². The molecule has 2 fully saturated rings. The summed E-state index contributed by atoms with van der Waals surface area (Å²) < 4.78 is 17.5. The first-order valence-electron chi connectivity index (χ1n) is 16.7. The van der Waals surface area contributed by atoms with Crippen molar-refractivity contribution in [1.82, 2.24) is 14.5 Å². The molecule has 2 aliphatic heterocycles. The molecule has 4 nitrogen and oxygen atoms in total. The summed E-state index contributed by atoms with van der Waals surface area (Å²) >= 11 is 0. The summed E-state index contributed by atoms with van der Waals surface area (Å²) in [6.45, 7) is 13.0. The number of piperidine rings is 1. The van der Waals surface area contributed by atoms with Gasteiger partial charge in [-0.15, -0.1) is 0 Å². The molecule has 1 saturated heterocycles. The Kier molecular flexibility index (Phi) is 9.00. The predicted molar refractivity (Wildman–Crippen MR) is 175 cm³/mol. The van der Waals surface area contributed by atoms with Gasteiger partial charge in [-0.2, -0.15) is 0 Å². The number of nitrogens with zero attached hydrogens (tertiary/aromatic N) is 4. The normalized spacial score (nSPS) is 19.7. The summed E-state index contributed by atoms with van der Waals surface area (Å²) in [6, 6.07) is 16.3. The monoisotopic (exact) mass is 580 g/mol. The van der Waals surface area contributed by atoms with Crippen molar-refractivity contribution < 1.29 is 4.39 Å². The highest BCUT2D eigenvalue weighted by Crippen LogP contribution is 2.38. The molecule has 0 N–H and O–H groups in total. The van der Waals surface area contributed by atoms with Gasteiger partial charge in [0.2, 0.25) is 0 Å². The molecule has 5 heteroatoms. The fourth-order valence-electron chi connectivity index (χ4n) is 7.54. The van der Waals surface area contributed by atoms with Crippen molar-refractivity contribution in [3.05, 3.63) is 100 Å². The number of hydrogen-bond acceptors (Lipinski definition) is 3. The summed E-state index contributed by atoms with van der Waals surface area (Å²) in [7, 11) is 0. The van der Waals surface area contributed by atoms with Gasteiger partial charge in [-0.05, 0) is 111 Å². The van der Waals surface area contributed by atoms with Crippen LogP contribution in [0, 0.1) is 11.7 Å². The SMILES string of the molecule is CCc1nc(CN2CCC(c3ccccc3CC(C)(CC)c3ccccc3F)CC2)n(CC2CCC2)c1C1=NC=C(C)C1. The van der Waals surface area contributed by atoms with E-state index in [2.05, 4.69) is 61.4 Å². The van der Waals surface area contributed by atoms with Gasteiger partial charge in [-0.25, -0.2) is 9.37 Å². The van der Waals surface area contributed by atoms with Crippen molar-refractivity contribution in [2.75, 3.05) is 13.1 Å². The Labute approximate surface area is 258 Å². The highest BCUT2D eigenvalue weighted by atomic mass is 19.1. The molecular formula is C38H49FN4. The Bertz CT molecular complexity index is 1490. The van der Waals surface area contributed by atoms with Crippen LogP contribution in [-0.4, -0.2) is 33.3 Å². The maximum Gasteiger partial charge on any atom is 0.126 e. The Morgan fingerprint density at radius 1 is 0.977 bits per heavy atom. The van der Waals surface area contributed by atoms with Crippen molar-refractivity contribution in [2.24, 2.45) is 10.9 Å². The van der Waals surface area contributed by atoms with Crippen molar-refractivity contribution in [3.8, 4) is 0 Å². The van der Waals surface area contributed by atoms with Crippen LogP contribution in [0.3, 0.4) is 0 Å². The van der Waals surface area contributed by atoms with Gasteiger partial charge in [0.25, 0.3) is 0 Å². The van der Waals surface area contributed by atoms with E-state index in [0.29, 0.717) is 5.92 Å². The van der Waals surface area contributed by atoms with Crippen LogP contribution >= 0.6 is 0 Å². The molecule has 228 valence electrons. The molecule has 1 atom stereocenters. The minimum atomic E-state index is -0.230. The van der Waals surface area contributed by atoms with Gasteiger partial charge >= 0.3 is 0 Å². The predicted octanol–water partition coefficient (Wildman–Crippen LogP) is 8.77. The number of benzene rings is 2. The maximum atomic E-state index is 14.9. The van der Waals surface area contributed by atoms with Gasteiger partial charge < -0.3 is 4.57 Å². The largest absolute Gasteiger partial charge is 0.325 e. The van der Waals surface area contributed by atoms with Crippen molar-refractivity contribution in [1.29, 1.82) is 0 Å². The van der Waals surface area contributed by atoms with Crippen LogP contribution in [0.25, 0.3) is 0 Å². The summed E-state index contributed by atoms with van der Waals surface area (Å²) in [5, 5.41) is 0. The van der Waals surface area contributed by atoms with Gasteiger partial charge in [-0.1, -0.05) is 69.7 Å². The summed E-state index contributed by atoms with van der Waals surface area (Å²) in [5.74, 6) is 2.45. The number of likely N-dealkylation sites (tertiary alicyclic amines) is 1. The first-order chi connectivity index (χ1) is 20.9. The molecule has 3 heterocycles. The van der Waals surface area contributed by atoms with Crippen LogP contribution < -0.4 is 0 Å². The van der Waals surface area contributed by atoms with E-state index in [1.807, 2.05) is 18.3 Å². The molecular weight excluding hydrogens is 531 g/mol. The minimum absolute atomic E-state index is 0.0888. The van der Waals surface area contributed by atoms with E-state index >= 15 is 0 Å². The van der Waals surface area contributed by atoms with Crippen molar-refractivity contribution in [3.63, 3.8) is 0 Å².